The van der Waals surface area contributed by atoms with E-state index in [0.717, 1.165) is 17.0 Å². The van der Waals surface area contributed by atoms with Crippen molar-refractivity contribution in [3.8, 4) is 11.4 Å². The summed E-state index contributed by atoms with van der Waals surface area (Å²) in [7, 11) is 0. The zero-order valence-corrected chi connectivity index (χ0v) is 17.4. The summed E-state index contributed by atoms with van der Waals surface area (Å²) in [5.41, 5.74) is 3.81. The molecule has 2 aromatic carbocycles. The van der Waals surface area contributed by atoms with Crippen LogP contribution in [0.25, 0.3) is 5.69 Å². The highest BCUT2D eigenvalue weighted by Gasteiger charge is 2.13. The highest BCUT2D eigenvalue weighted by Crippen LogP contribution is 2.29. The third-order valence-corrected chi connectivity index (χ3v) is 5.34. The van der Waals surface area contributed by atoms with Gasteiger partial charge in [0.05, 0.1) is 12.3 Å². The number of benzene rings is 2. The summed E-state index contributed by atoms with van der Waals surface area (Å²) < 4.78 is 7.44. The maximum atomic E-state index is 11.7. The maximum Gasteiger partial charge on any atom is 0.214 e. The topological polar surface area (TPSA) is 69.9 Å². The van der Waals surface area contributed by atoms with Crippen molar-refractivity contribution in [1.29, 1.82) is 0 Å². The van der Waals surface area contributed by atoms with Gasteiger partial charge in [-0.1, -0.05) is 37.7 Å². The second-order valence-corrected chi connectivity index (χ2v) is 7.66. The number of ether oxygens (including phenoxy) is 1. The quantitative estimate of drug-likeness (QED) is 0.407. The lowest BCUT2D eigenvalue weighted by Gasteiger charge is -2.11. The van der Waals surface area contributed by atoms with Gasteiger partial charge in [-0.25, -0.2) is 0 Å². The van der Waals surface area contributed by atoms with Crippen molar-refractivity contribution < 1.29 is 9.53 Å². The first kappa shape index (κ1) is 20.1. The Bertz CT molecular complexity index is 951. The van der Waals surface area contributed by atoms with E-state index in [1.165, 1.54) is 17.3 Å². The summed E-state index contributed by atoms with van der Waals surface area (Å²) >= 11 is 1.51. The van der Waals surface area contributed by atoms with Crippen LogP contribution in [0.1, 0.15) is 55.1 Å². The summed E-state index contributed by atoms with van der Waals surface area (Å²) in [5, 5.41) is 12.8. The Labute approximate surface area is 169 Å². The van der Waals surface area contributed by atoms with Gasteiger partial charge in [0.15, 0.2) is 5.78 Å². The fourth-order valence-corrected chi connectivity index (χ4v) is 3.65. The fraction of sp³-hybridized carbons (Fsp3) is 0.333. The van der Waals surface area contributed by atoms with E-state index >= 15 is 0 Å². The molecule has 6 nitrogen and oxygen atoms in total. The van der Waals surface area contributed by atoms with Crippen LogP contribution in [0.3, 0.4) is 0 Å². The summed E-state index contributed by atoms with van der Waals surface area (Å²) in [6, 6.07) is 13.8. The number of ketones is 1. The second kappa shape index (κ2) is 9.01. The molecule has 0 bridgehead atoms. The summed E-state index contributed by atoms with van der Waals surface area (Å²) in [6.45, 7) is 8.40. The third kappa shape index (κ3) is 4.59. The van der Waals surface area contributed by atoms with Gasteiger partial charge in [0, 0.05) is 16.9 Å². The van der Waals surface area contributed by atoms with Gasteiger partial charge in [-0.2, -0.15) is 4.68 Å². The normalized spacial score (nSPS) is 11.0. The third-order valence-electron chi connectivity index (χ3n) is 4.37. The lowest BCUT2D eigenvalue weighted by Crippen LogP contribution is -2.02. The minimum atomic E-state index is 0.0318. The molecule has 1 aromatic heterocycles. The molecule has 0 amide bonds. The molecular formula is C21H24N4O2S. The summed E-state index contributed by atoms with van der Waals surface area (Å²) in [4.78, 5) is 11.7. The SMILES string of the molecule is CCOc1ccc(C(C)=O)cc1CSc1nnnn1-c1ccc(C(C)C)cc1. The average molecular weight is 397 g/mol. The number of hydrogen-bond donors (Lipinski definition) is 0. The van der Waals surface area contributed by atoms with E-state index in [2.05, 4.69) is 41.5 Å². The van der Waals surface area contributed by atoms with Crippen LogP contribution in [-0.4, -0.2) is 32.6 Å². The number of Topliss-reactive ketones (excluding diaryl/α,β-unsaturated/α-hetero) is 1. The van der Waals surface area contributed by atoms with Crippen LogP contribution in [0, 0.1) is 0 Å². The van der Waals surface area contributed by atoms with E-state index in [1.54, 1.807) is 17.7 Å². The van der Waals surface area contributed by atoms with Crippen molar-refractivity contribution in [1.82, 2.24) is 20.2 Å². The first-order valence-corrected chi connectivity index (χ1v) is 10.3. The fourth-order valence-electron chi connectivity index (χ4n) is 2.78. The number of nitrogens with zero attached hydrogens (tertiary/aromatic N) is 4. The zero-order valence-electron chi connectivity index (χ0n) is 16.5. The van der Waals surface area contributed by atoms with Gasteiger partial charge in [0.25, 0.3) is 0 Å². The lowest BCUT2D eigenvalue weighted by molar-refractivity contribution is 0.101. The van der Waals surface area contributed by atoms with Gasteiger partial charge >= 0.3 is 0 Å². The molecule has 0 fully saturated rings. The van der Waals surface area contributed by atoms with Crippen molar-refractivity contribution >= 4 is 17.5 Å². The molecule has 3 rings (SSSR count). The van der Waals surface area contributed by atoms with Crippen molar-refractivity contribution in [2.75, 3.05) is 6.61 Å². The van der Waals surface area contributed by atoms with Crippen molar-refractivity contribution in [2.24, 2.45) is 0 Å². The second-order valence-electron chi connectivity index (χ2n) is 6.72. The highest BCUT2D eigenvalue weighted by molar-refractivity contribution is 7.98. The number of carbonyl (C=O) groups is 1. The molecule has 3 aromatic rings. The molecule has 146 valence electrons. The van der Waals surface area contributed by atoms with Gasteiger partial charge in [-0.3, -0.25) is 4.79 Å². The smallest absolute Gasteiger partial charge is 0.214 e. The van der Waals surface area contributed by atoms with Crippen LogP contribution >= 0.6 is 11.8 Å². The van der Waals surface area contributed by atoms with E-state index in [1.807, 2.05) is 31.2 Å². The minimum Gasteiger partial charge on any atom is -0.494 e. The Morgan fingerprint density at radius 2 is 1.93 bits per heavy atom. The number of thioether (sulfide) groups is 1. The van der Waals surface area contributed by atoms with E-state index in [0.29, 0.717) is 29.0 Å². The van der Waals surface area contributed by atoms with Gasteiger partial charge in [-0.05, 0) is 66.1 Å². The molecule has 0 aliphatic rings. The van der Waals surface area contributed by atoms with E-state index in [-0.39, 0.29) is 5.78 Å². The molecule has 7 heteroatoms. The Morgan fingerprint density at radius 1 is 1.18 bits per heavy atom. The first-order valence-electron chi connectivity index (χ1n) is 9.27. The lowest BCUT2D eigenvalue weighted by atomic mass is 10.0. The zero-order chi connectivity index (χ0) is 20.1. The molecule has 1 heterocycles. The predicted molar refractivity (Wildman–Crippen MR) is 110 cm³/mol. The molecule has 0 N–H and O–H groups in total. The molecule has 0 aliphatic heterocycles. The number of carbonyl (C=O) groups excluding carboxylic acids is 1. The monoisotopic (exact) mass is 396 g/mol. The van der Waals surface area contributed by atoms with Gasteiger partial charge in [0.2, 0.25) is 5.16 Å². The molecular weight excluding hydrogens is 372 g/mol. The standard InChI is InChI=1S/C21H24N4O2S/c1-5-27-20-11-8-17(15(4)26)12-18(20)13-28-21-22-23-24-25(21)19-9-6-16(7-10-19)14(2)3/h6-12,14H,5,13H2,1-4H3. The van der Waals surface area contributed by atoms with Gasteiger partial charge < -0.3 is 4.74 Å². The minimum absolute atomic E-state index is 0.0318. The molecule has 0 aliphatic carbocycles. The molecule has 0 spiro atoms. The van der Waals surface area contributed by atoms with Crippen LogP contribution in [0.4, 0.5) is 0 Å². The average Bonchev–Trinajstić information content (AvgIpc) is 3.16. The van der Waals surface area contributed by atoms with Crippen LogP contribution in [0.5, 0.6) is 5.75 Å². The largest absolute Gasteiger partial charge is 0.494 e. The van der Waals surface area contributed by atoms with E-state index in [4.69, 9.17) is 4.74 Å². The Kier molecular flexibility index (Phi) is 6.46. The van der Waals surface area contributed by atoms with E-state index < -0.39 is 0 Å². The molecule has 0 saturated carbocycles. The number of hydrogen-bond acceptors (Lipinski definition) is 6. The van der Waals surface area contributed by atoms with Gasteiger partial charge in [-0.15, -0.1) is 5.10 Å². The number of rotatable bonds is 8. The van der Waals surface area contributed by atoms with Crippen molar-refractivity contribution in [2.45, 2.75) is 44.5 Å². The van der Waals surface area contributed by atoms with Gasteiger partial charge in [0.1, 0.15) is 5.75 Å². The van der Waals surface area contributed by atoms with Crippen molar-refractivity contribution in [3.05, 3.63) is 59.2 Å². The molecule has 28 heavy (non-hydrogen) atoms. The Morgan fingerprint density at radius 3 is 2.57 bits per heavy atom. The molecule has 0 unspecified atom stereocenters. The Hall–Kier alpha value is -2.67. The van der Waals surface area contributed by atoms with Crippen molar-refractivity contribution in [3.63, 3.8) is 0 Å². The van der Waals surface area contributed by atoms with E-state index in [9.17, 15) is 4.79 Å². The highest BCUT2D eigenvalue weighted by atomic mass is 32.2. The van der Waals surface area contributed by atoms with Crippen LogP contribution < -0.4 is 4.74 Å². The Balaban J connectivity index is 1.82. The van der Waals surface area contributed by atoms with Crippen LogP contribution in [-0.2, 0) is 5.75 Å². The number of tetrazole rings is 1. The molecule has 0 radical (unpaired) electrons. The summed E-state index contributed by atoms with van der Waals surface area (Å²) in [6.07, 6.45) is 0. The first-order chi connectivity index (χ1) is 13.5. The number of aromatic nitrogens is 4. The molecule has 0 atom stereocenters. The van der Waals surface area contributed by atoms with Crippen LogP contribution in [0.2, 0.25) is 0 Å². The maximum absolute atomic E-state index is 11.7. The predicted octanol–water partition coefficient (Wildman–Crippen LogP) is 4.68. The summed E-state index contributed by atoms with van der Waals surface area (Å²) in [5.74, 6) is 1.88. The molecule has 0 saturated heterocycles. The van der Waals surface area contributed by atoms with Crippen LogP contribution in [0.15, 0.2) is 47.6 Å².